The van der Waals surface area contributed by atoms with Gasteiger partial charge in [0.15, 0.2) is 0 Å². The van der Waals surface area contributed by atoms with Crippen molar-refractivity contribution in [1.29, 1.82) is 0 Å². The van der Waals surface area contributed by atoms with E-state index in [-0.39, 0.29) is 6.03 Å². The Morgan fingerprint density at radius 2 is 1.48 bits per heavy atom. The van der Waals surface area contributed by atoms with Gasteiger partial charge in [0.1, 0.15) is 0 Å². The molecule has 1 aliphatic heterocycles. The first-order valence-corrected chi connectivity index (χ1v) is 8.89. The predicted octanol–water partition coefficient (Wildman–Crippen LogP) is 4.27. The van der Waals surface area contributed by atoms with Gasteiger partial charge in [0.05, 0.1) is 0 Å². The van der Waals surface area contributed by atoms with Crippen LogP contribution in [0.4, 0.5) is 16.2 Å². The zero-order chi connectivity index (χ0) is 18.0. The third kappa shape index (κ3) is 3.95. The van der Waals surface area contributed by atoms with Crippen LogP contribution in [0.25, 0.3) is 0 Å². The minimum atomic E-state index is -0.00558. The van der Waals surface area contributed by atoms with Crippen LogP contribution in [0.1, 0.15) is 22.3 Å². The van der Waals surface area contributed by atoms with Gasteiger partial charge in [0, 0.05) is 37.6 Å². The fraction of sp³-hybridized carbons (Fsp3) is 0.381. The van der Waals surface area contributed by atoms with E-state index in [1.807, 2.05) is 30.9 Å². The van der Waals surface area contributed by atoms with Crippen molar-refractivity contribution >= 4 is 17.4 Å². The molecule has 0 radical (unpaired) electrons. The molecule has 0 saturated carbocycles. The molecular formula is C21H27N3O. The van der Waals surface area contributed by atoms with E-state index in [1.54, 1.807) is 0 Å². The first-order valence-electron chi connectivity index (χ1n) is 8.89. The summed E-state index contributed by atoms with van der Waals surface area (Å²) in [5, 5.41) is 3.06. The molecule has 0 aromatic heterocycles. The topological polar surface area (TPSA) is 35.6 Å². The number of anilines is 2. The summed E-state index contributed by atoms with van der Waals surface area (Å²) < 4.78 is 0. The molecule has 2 aromatic carbocycles. The van der Waals surface area contributed by atoms with E-state index in [2.05, 4.69) is 48.3 Å². The van der Waals surface area contributed by atoms with Crippen molar-refractivity contribution in [2.24, 2.45) is 0 Å². The van der Waals surface area contributed by atoms with Gasteiger partial charge in [-0.3, -0.25) is 0 Å². The smallest absolute Gasteiger partial charge is 0.321 e. The number of nitrogens with one attached hydrogen (secondary N) is 1. The number of benzene rings is 2. The molecule has 0 bridgehead atoms. The highest BCUT2D eigenvalue weighted by Gasteiger charge is 2.22. The van der Waals surface area contributed by atoms with Crippen molar-refractivity contribution in [2.45, 2.75) is 27.7 Å². The zero-order valence-corrected chi connectivity index (χ0v) is 15.6. The van der Waals surface area contributed by atoms with E-state index < -0.39 is 0 Å². The molecular weight excluding hydrogens is 310 g/mol. The van der Waals surface area contributed by atoms with E-state index in [0.717, 1.165) is 43.0 Å². The SMILES string of the molecule is Cc1ccc(N2CCN(C(=O)Nc3cc(C)ccc3C)CC2)c(C)c1. The molecule has 0 aliphatic carbocycles. The molecule has 0 unspecified atom stereocenters. The molecule has 1 aliphatic rings. The van der Waals surface area contributed by atoms with Crippen LogP contribution in [-0.4, -0.2) is 37.1 Å². The number of hydrogen-bond acceptors (Lipinski definition) is 2. The second-order valence-corrected chi connectivity index (χ2v) is 7.01. The third-order valence-corrected chi connectivity index (χ3v) is 4.89. The molecule has 1 N–H and O–H groups in total. The summed E-state index contributed by atoms with van der Waals surface area (Å²) >= 11 is 0. The molecule has 1 saturated heterocycles. The Balaban J connectivity index is 1.62. The molecule has 132 valence electrons. The highest BCUT2D eigenvalue weighted by molar-refractivity contribution is 5.90. The Bertz CT molecular complexity index is 777. The Morgan fingerprint density at radius 1 is 0.840 bits per heavy atom. The van der Waals surface area contributed by atoms with Crippen LogP contribution < -0.4 is 10.2 Å². The number of urea groups is 1. The van der Waals surface area contributed by atoms with Gasteiger partial charge >= 0.3 is 6.03 Å². The van der Waals surface area contributed by atoms with Crippen molar-refractivity contribution in [3.05, 3.63) is 58.7 Å². The lowest BCUT2D eigenvalue weighted by atomic mass is 10.1. The molecule has 25 heavy (non-hydrogen) atoms. The molecule has 0 spiro atoms. The zero-order valence-electron chi connectivity index (χ0n) is 15.6. The maximum atomic E-state index is 12.6. The lowest BCUT2D eigenvalue weighted by molar-refractivity contribution is 0.208. The molecule has 3 rings (SSSR count). The molecule has 4 nitrogen and oxygen atoms in total. The monoisotopic (exact) mass is 337 g/mol. The minimum Gasteiger partial charge on any atom is -0.368 e. The molecule has 2 aromatic rings. The van der Waals surface area contributed by atoms with E-state index in [4.69, 9.17) is 0 Å². The average Bonchev–Trinajstić information content (AvgIpc) is 2.58. The highest BCUT2D eigenvalue weighted by atomic mass is 16.2. The molecule has 1 fully saturated rings. The number of nitrogens with zero attached hydrogens (tertiary/aromatic N) is 2. The Labute approximate surface area is 150 Å². The van der Waals surface area contributed by atoms with Crippen molar-refractivity contribution < 1.29 is 4.79 Å². The van der Waals surface area contributed by atoms with Gasteiger partial charge in [-0.15, -0.1) is 0 Å². The van der Waals surface area contributed by atoms with Crippen molar-refractivity contribution in [2.75, 3.05) is 36.4 Å². The van der Waals surface area contributed by atoms with Gasteiger partial charge in [0.2, 0.25) is 0 Å². The predicted molar refractivity (Wildman–Crippen MR) is 105 cm³/mol. The number of piperazine rings is 1. The largest absolute Gasteiger partial charge is 0.368 e. The van der Waals surface area contributed by atoms with Crippen molar-refractivity contribution in [1.82, 2.24) is 4.90 Å². The lowest BCUT2D eigenvalue weighted by Gasteiger charge is -2.37. The maximum Gasteiger partial charge on any atom is 0.321 e. The van der Waals surface area contributed by atoms with E-state index in [0.29, 0.717) is 0 Å². The normalized spacial score (nSPS) is 14.6. The van der Waals surface area contributed by atoms with Crippen molar-refractivity contribution in [3.63, 3.8) is 0 Å². The van der Waals surface area contributed by atoms with Crippen LogP contribution in [0.3, 0.4) is 0 Å². The minimum absolute atomic E-state index is 0.00558. The van der Waals surface area contributed by atoms with Gasteiger partial charge in [-0.2, -0.15) is 0 Å². The van der Waals surface area contributed by atoms with Crippen LogP contribution in [-0.2, 0) is 0 Å². The van der Waals surface area contributed by atoms with Crippen molar-refractivity contribution in [3.8, 4) is 0 Å². The van der Waals surface area contributed by atoms with E-state index in [9.17, 15) is 4.79 Å². The van der Waals surface area contributed by atoms with E-state index >= 15 is 0 Å². The van der Waals surface area contributed by atoms with Crippen LogP contribution in [0.2, 0.25) is 0 Å². The van der Waals surface area contributed by atoms with Crippen LogP contribution in [0, 0.1) is 27.7 Å². The second-order valence-electron chi connectivity index (χ2n) is 7.01. The third-order valence-electron chi connectivity index (χ3n) is 4.89. The number of aryl methyl sites for hydroxylation is 4. The van der Waals surface area contributed by atoms with Crippen LogP contribution in [0.15, 0.2) is 36.4 Å². The average molecular weight is 337 g/mol. The van der Waals surface area contributed by atoms with Crippen LogP contribution >= 0.6 is 0 Å². The number of carbonyl (C=O) groups excluding carboxylic acids is 1. The second kappa shape index (κ2) is 7.18. The summed E-state index contributed by atoms with van der Waals surface area (Å²) in [6, 6.07) is 12.7. The summed E-state index contributed by atoms with van der Waals surface area (Å²) in [4.78, 5) is 16.9. The summed E-state index contributed by atoms with van der Waals surface area (Å²) in [5.41, 5.74) is 7.01. The van der Waals surface area contributed by atoms with Gasteiger partial charge in [-0.25, -0.2) is 4.79 Å². The van der Waals surface area contributed by atoms with Gasteiger partial charge in [0.25, 0.3) is 0 Å². The summed E-state index contributed by atoms with van der Waals surface area (Å²) in [5.74, 6) is 0. The van der Waals surface area contributed by atoms with Crippen LogP contribution in [0.5, 0.6) is 0 Å². The maximum absolute atomic E-state index is 12.6. The lowest BCUT2D eigenvalue weighted by Crippen LogP contribution is -2.50. The fourth-order valence-electron chi connectivity index (χ4n) is 3.38. The first kappa shape index (κ1) is 17.3. The summed E-state index contributed by atoms with van der Waals surface area (Å²) in [7, 11) is 0. The number of amides is 2. The summed E-state index contributed by atoms with van der Waals surface area (Å²) in [6.07, 6.45) is 0. The fourth-order valence-corrected chi connectivity index (χ4v) is 3.38. The highest BCUT2D eigenvalue weighted by Crippen LogP contribution is 2.23. The first-order chi connectivity index (χ1) is 11.9. The Kier molecular flexibility index (Phi) is 4.98. The van der Waals surface area contributed by atoms with Gasteiger partial charge in [-0.1, -0.05) is 29.8 Å². The van der Waals surface area contributed by atoms with E-state index in [1.165, 1.54) is 16.8 Å². The number of rotatable bonds is 2. The Hall–Kier alpha value is -2.49. The van der Waals surface area contributed by atoms with Gasteiger partial charge in [-0.05, 0) is 56.5 Å². The molecule has 4 heteroatoms. The summed E-state index contributed by atoms with van der Waals surface area (Å²) in [6.45, 7) is 11.5. The standard InChI is InChI=1S/C21H27N3O/c1-15-6-8-20(18(4)13-15)23-9-11-24(12-10-23)21(25)22-19-14-16(2)5-7-17(19)3/h5-8,13-14H,9-12H2,1-4H3,(H,22,25). The number of hydrogen-bond donors (Lipinski definition) is 1. The quantitative estimate of drug-likeness (QED) is 0.888. The number of carbonyl (C=O) groups is 1. The molecule has 2 amide bonds. The van der Waals surface area contributed by atoms with Gasteiger partial charge < -0.3 is 15.1 Å². The molecule has 0 atom stereocenters. The molecule has 1 heterocycles. The Morgan fingerprint density at radius 3 is 2.16 bits per heavy atom.